The highest BCUT2D eigenvalue weighted by atomic mass is 35.5. The molecule has 0 radical (unpaired) electrons. The predicted molar refractivity (Wildman–Crippen MR) is 152 cm³/mol. The van der Waals surface area contributed by atoms with Crippen LogP contribution in [0.1, 0.15) is 16.8 Å². The van der Waals surface area contributed by atoms with Crippen LogP contribution < -0.4 is 14.8 Å². The van der Waals surface area contributed by atoms with E-state index in [9.17, 15) is 18.0 Å². The second kappa shape index (κ2) is 11.6. The number of fused-ring (bicyclic) bond motifs is 3. The van der Waals surface area contributed by atoms with Gasteiger partial charge in [0.05, 0.1) is 45.4 Å². The Labute approximate surface area is 245 Å². The van der Waals surface area contributed by atoms with Gasteiger partial charge in [-0.05, 0) is 72.0 Å². The molecule has 14 heteroatoms. The number of carbonyl (C=O) groups is 1. The van der Waals surface area contributed by atoms with Crippen LogP contribution in [-0.2, 0) is 12.8 Å². The molecular formula is C26H17Cl3F3N5O2S. The zero-order chi connectivity index (χ0) is 28.4. The SMILES string of the molecule is O=C(NSN=Cc1ccc2c(c1)CCc1c-2cnn1-c1ccc(OC(F)(F)F)cc1)Nc1c(Cl)cc(Cl)cc1Cl. The van der Waals surface area contributed by atoms with Gasteiger partial charge in [-0.3, -0.25) is 4.72 Å². The molecule has 4 aromatic rings. The standard InChI is InChI=1S/C26H17Cl3F3N5O2S/c27-16-10-21(28)24(22(29)11-16)35-25(38)36-40-34-12-14-1-7-19-15(9-14)2-8-23-20(19)13-33-37(23)17-3-5-18(6-4-17)39-26(30,31)32/h1,3-7,9-13H,2,8H2,(H2,35,36,38). The number of benzene rings is 3. The number of hydrogen-bond donors (Lipinski definition) is 2. The summed E-state index contributed by atoms with van der Waals surface area (Å²) in [5, 5.41) is 7.79. The third-order valence-corrected chi connectivity index (χ3v) is 7.17. The smallest absolute Gasteiger partial charge is 0.406 e. The first-order valence-electron chi connectivity index (χ1n) is 11.5. The Morgan fingerprint density at radius 3 is 2.45 bits per heavy atom. The Morgan fingerprint density at radius 1 is 1.02 bits per heavy atom. The van der Waals surface area contributed by atoms with Crippen molar-refractivity contribution in [3.05, 3.63) is 92.7 Å². The molecule has 2 N–H and O–H groups in total. The first kappa shape index (κ1) is 28.2. The third kappa shape index (κ3) is 6.49. The van der Waals surface area contributed by atoms with E-state index in [1.807, 2.05) is 18.2 Å². The zero-order valence-corrected chi connectivity index (χ0v) is 23.2. The molecule has 0 unspecified atom stereocenters. The van der Waals surface area contributed by atoms with Gasteiger partial charge in [0.25, 0.3) is 0 Å². The normalized spacial score (nSPS) is 12.7. The lowest BCUT2D eigenvalue weighted by molar-refractivity contribution is -0.274. The number of halogens is 6. The van der Waals surface area contributed by atoms with E-state index in [0.29, 0.717) is 17.1 Å². The monoisotopic (exact) mass is 625 g/mol. The molecule has 1 aliphatic rings. The second-order valence-corrected chi connectivity index (χ2v) is 10.3. The van der Waals surface area contributed by atoms with E-state index in [-0.39, 0.29) is 21.5 Å². The molecule has 206 valence electrons. The fourth-order valence-electron chi connectivity index (χ4n) is 4.22. The molecule has 0 saturated heterocycles. The summed E-state index contributed by atoms with van der Waals surface area (Å²) in [7, 11) is 0. The van der Waals surface area contributed by atoms with E-state index >= 15 is 0 Å². The number of carbonyl (C=O) groups excluding carboxylic acids is 1. The minimum absolute atomic E-state index is 0.206. The molecule has 1 heterocycles. The average Bonchev–Trinajstić information content (AvgIpc) is 3.33. The molecule has 2 amide bonds. The average molecular weight is 627 g/mol. The molecule has 0 fully saturated rings. The number of nitrogens with one attached hydrogen (secondary N) is 2. The number of urea groups is 1. The number of hydrogen-bond acceptors (Lipinski definition) is 5. The van der Waals surface area contributed by atoms with E-state index in [1.54, 1.807) is 17.1 Å². The van der Waals surface area contributed by atoms with Crippen molar-refractivity contribution in [3.8, 4) is 22.6 Å². The molecule has 5 rings (SSSR count). The highest BCUT2D eigenvalue weighted by Gasteiger charge is 2.31. The molecule has 1 aliphatic carbocycles. The van der Waals surface area contributed by atoms with Gasteiger partial charge < -0.3 is 10.1 Å². The molecule has 0 aliphatic heterocycles. The zero-order valence-electron chi connectivity index (χ0n) is 20.1. The summed E-state index contributed by atoms with van der Waals surface area (Å²) < 4.78 is 49.7. The first-order chi connectivity index (χ1) is 19.1. The van der Waals surface area contributed by atoms with Gasteiger partial charge in [0.2, 0.25) is 0 Å². The fourth-order valence-corrected chi connectivity index (χ4v) is 5.50. The molecule has 40 heavy (non-hydrogen) atoms. The molecule has 0 bridgehead atoms. The minimum Gasteiger partial charge on any atom is -0.406 e. The number of aromatic nitrogens is 2. The van der Waals surface area contributed by atoms with Crippen molar-refractivity contribution in [2.75, 3.05) is 5.32 Å². The van der Waals surface area contributed by atoms with E-state index in [4.69, 9.17) is 34.8 Å². The number of anilines is 1. The van der Waals surface area contributed by atoms with Crippen LogP contribution in [0.5, 0.6) is 5.75 Å². The van der Waals surface area contributed by atoms with E-state index in [2.05, 4.69) is 24.3 Å². The lowest BCUT2D eigenvalue weighted by Crippen LogP contribution is -2.22. The van der Waals surface area contributed by atoms with Gasteiger partial charge >= 0.3 is 12.4 Å². The summed E-state index contributed by atoms with van der Waals surface area (Å²) in [5.74, 6) is -0.291. The lowest BCUT2D eigenvalue weighted by atomic mass is 9.89. The Bertz CT molecular complexity index is 1590. The number of amides is 2. The highest BCUT2D eigenvalue weighted by Crippen LogP contribution is 2.36. The number of nitrogens with zero attached hydrogens (tertiary/aromatic N) is 3. The van der Waals surface area contributed by atoms with Crippen molar-refractivity contribution in [2.45, 2.75) is 19.2 Å². The van der Waals surface area contributed by atoms with Crippen LogP contribution in [0.15, 0.2) is 65.2 Å². The van der Waals surface area contributed by atoms with Gasteiger partial charge in [-0.2, -0.15) is 5.10 Å². The fraction of sp³-hybridized carbons (Fsp3) is 0.115. The van der Waals surface area contributed by atoms with Crippen molar-refractivity contribution in [2.24, 2.45) is 4.40 Å². The molecule has 1 aromatic heterocycles. The second-order valence-electron chi connectivity index (χ2n) is 8.50. The van der Waals surface area contributed by atoms with Gasteiger partial charge in [-0.25, -0.2) is 13.9 Å². The number of ether oxygens (including phenoxy) is 1. The van der Waals surface area contributed by atoms with Gasteiger partial charge in [0.1, 0.15) is 5.75 Å². The highest BCUT2D eigenvalue weighted by molar-refractivity contribution is 7.96. The summed E-state index contributed by atoms with van der Waals surface area (Å²) in [5.41, 5.74) is 5.75. The Hall–Kier alpha value is -3.38. The maximum atomic E-state index is 12.5. The number of rotatable bonds is 6. The summed E-state index contributed by atoms with van der Waals surface area (Å²) in [6.45, 7) is 0. The quantitative estimate of drug-likeness (QED) is 0.167. The van der Waals surface area contributed by atoms with Crippen LogP contribution in [-0.4, -0.2) is 28.4 Å². The van der Waals surface area contributed by atoms with Gasteiger partial charge in [-0.1, -0.05) is 46.9 Å². The van der Waals surface area contributed by atoms with Crippen molar-refractivity contribution in [1.82, 2.24) is 14.5 Å². The van der Waals surface area contributed by atoms with Crippen LogP contribution in [0, 0.1) is 0 Å². The third-order valence-electron chi connectivity index (χ3n) is 5.87. The van der Waals surface area contributed by atoms with Crippen LogP contribution in [0.25, 0.3) is 16.8 Å². The van der Waals surface area contributed by atoms with Crippen molar-refractivity contribution < 1.29 is 22.7 Å². The minimum atomic E-state index is -4.74. The molecule has 0 saturated carbocycles. The largest absolute Gasteiger partial charge is 0.573 e. The Morgan fingerprint density at radius 2 is 1.75 bits per heavy atom. The number of alkyl halides is 3. The lowest BCUT2D eigenvalue weighted by Gasteiger charge is -2.18. The maximum Gasteiger partial charge on any atom is 0.573 e. The summed E-state index contributed by atoms with van der Waals surface area (Å²) in [4.78, 5) is 12.2. The van der Waals surface area contributed by atoms with Crippen molar-refractivity contribution in [1.29, 1.82) is 0 Å². The molecule has 7 nitrogen and oxygen atoms in total. The van der Waals surface area contributed by atoms with Crippen molar-refractivity contribution >= 4 is 64.9 Å². The predicted octanol–water partition coefficient (Wildman–Crippen LogP) is 8.30. The molecule has 3 aromatic carbocycles. The van der Waals surface area contributed by atoms with Gasteiger partial charge in [-0.15, -0.1) is 13.2 Å². The summed E-state index contributed by atoms with van der Waals surface area (Å²) in [6, 6.07) is 13.8. The van der Waals surface area contributed by atoms with Crippen LogP contribution >= 0.6 is 46.9 Å². The van der Waals surface area contributed by atoms with E-state index in [0.717, 1.165) is 46.5 Å². The Balaban J connectivity index is 1.22. The molecular weight excluding hydrogens is 610 g/mol. The number of aryl methyl sites for hydroxylation is 1. The summed E-state index contributed by atoms with van der Waals surface area (Å²) >= 11 is 18.9. The van der Waals surface area contributed by atoms with Crippen LogP contribution in [0.4, 0.5) is 23.7 Å². The van der Waals surface area contributed by atoms with E-state index < -0.39 is 12.4 Å². The van der Waals surface area contributed by atoms with Crippen LogP contribution in [0.2, 0.25) is 15.1 Å². The van der Waals surface area contributed by atoms with Crippen molar-refractivity contribution in [3.63, 3.8) is 0 Å². The van der Waals surface area contributed by atoms with Crippen LogP contribution in [0.3, 0.4) is 0 Å². The van der Waals surface area contributed by atoms with Gasteiger partial charge in [0.15, 0.2) is 0 Å². The Kier molecular flexibility index (Phi) is 8.18. The molecule has 0 atom stereocenters. The van der Waals surface area contributed by atoms with E-state index in [1.165, 1.54) is 36.4 Å². The first-order valence-corrected chi connectivity index (χ1v) is 13.5. The molecule has 0 spiro atoms. The topological polar surface area (TPSA) is 80.5 Å². The van der Waals surface area contributed by atoms with Gasteiger partial charge in [0, 0.05) is 16.8 Å². The maximum absolute atomic E-state index is 12.5. The summed E-state index contributed by atoms with van der Waals surface area (Å²) in [6.07, 6.45) is 0.0538.